The van der Waals surface area contributed by atoms with E-state index in [1.807, 2.05) is 24.3 Å². The molecule has 0 saturated heterocycles. The molecular weight excluding hydrogens is 622 g/mol. The Hall–Kier alpha value is -5.89. The number of hydrogen-bond donors (Lipinski definition) is 9. The van der Waals surface area contributed by atoms with Crippen LogP contribution in [0.4, 0.5) is 0 Å². The van der Waals surface area contributed by atoms with E-state index < -0.39 is 53.8 Å². The number of aromatic nitrogens is 1. The van der Waals surface area contributed by atoms with E-state index in [1.165, 1.54) is 36.4 Å². The Kier molecular flexibility index (Phi) is 11.7. The number of carboxylic acids is 2. The highest BCUT2D eigenvalue weighted by molar-refractivity contribution is 5.95. The minimum absolute atomic E-state index is 0.0107. The van der Waals surface area contributed by atoms with E-state index in [0.29, 0.717) is 16.7 Å². The van der Waals surface area contributed by atoms with Crippen molar-refractivity contribution < 1.29 is 44.4 Å². The van der Waals surface area contributed by atoms with Crippen LogP contribution in [0.3, 0.4) is 0 Å². The van der Waals surface area contributed by atoms with Crippen molar-refractivity contribution in [2.75, 3.05) is 0 Å². The van der Waals surface area contributed by atoms with Crippen molar-refractivity contribution in [3.63, 3.8) is 0 Å². The molecule has 14 nitrogen and oxygen atoms in total. The summed E-state index contributed by atoms with van der Waals surface area (Å²) in [6, 6.07) is 13.8. The van der Waals surface area contributed by atoms with Crippen LogP contribution >= 0.6 is 0 Å². The maximum Gasteiger partial charge on any atom is 0.326 e. The van der Waals surface area contributed by atoms with Gasteiger partial charge in [-0.1, -0.05) is 42.5 Å². The number of nitrogens with one attached hydrogen (secondary N) is 4. The SMILES string of the molecule is NC(CCC(=O)O)C(=O)NC(Cc1c[nH]c2ccccc12)C(=O)NC(Cc1ccc(O)cc1)C(=O)NC(Cc1ccc(O)cc1)C(=O)O. The van der Waals surface area contributed by atoms with Gasteiger partial charge < -0.3 is 47.1 Å². The number of benzene rings is 3. The Bertz CT molecular complexity index is 1750. The van der Waals surface area contributed by atoms with Gasteiger partial charge in [-0.15, -0.1) is 0 Å². The summed E-state index contributed by atoms with van der Waals surface area (Å²) in [5.41, 5.74) is 8.45. The van der Waals surface area contributed by atoms with Crippen LogP contribution in [0.5, 0.6) is 11.5 Å². The van der Waals surface area contributed by atoms with Crippen LogP contribution in [0.25, 0.3) is 10.9 Å². The molecule has 10 N–H and O–H groups in total. The van der Waals surface area contributed by atoms with Gasteiger partial charge in [0.05, 0.1) is 6.04 Å². The Morgan fingerprint density at radius 2 is 1.17 bits per heavy atom. The maximum absolute atomic E-state index is 13.9. The highest BCUT2D eigenvalue weighted by Crippen LogP contribution is 2.20. The van der Waals surface area contributed by atoms with E-state index in [2.05, 4.69) is 20.9 Å². The van der Waals surface area contributed by atoms with Crippen LogP contribution in [0.1, 0.15) is 29.5 Å². The van der Waals surface area contributed by atoms with E-state index in [-0.39, 0.29) is 43.6 Å². The number of H-pyrrole nitrogens is 1. The van der Waals surface area contributed by atoms with Crippen LogP contribution in [0.15, 0.2) is 79.0 Å². The zero-order valence-corrected chi connectivity index (χ0v) is 25.8. The third kappa shape index (κ3) is 9.80. The molecule has 4 aromatic rings. The molecule has 0 fully saturated rings. The molecule has 1 aromatic heterocycles. The highest BCUT2D eigenvalue weighted by Gasteiger charge is 2.31. The lowest BCUT2D eigenvalue weighted by Gasteiger charge is -2.25. The number of nitrogens with two attached hydrogens (primary N) is 1. The molecule has 0 aliphatic heterocycles. The zero-order chi connectivity index (χ0) is 34.8. The molecule has 0 aliphatic rings. The Balaban J connectivity index is 1.60. The molecule has 252 valence electrons. The summed E-state index contributed by atoms with van der Waals surface area (Å²) in [5, 5.41) is 46.7. The normalized spacial score (nSPS) is 13.5. The number of carbonyl (C=O) groups excluding carboxylic acids is 3. The smallest absolute Gasteiger partial charge is 0.326 e. The summed E-state index contributed by atoms with van der Waals surface area (Å²) in [7, 11) is 0. The fourth-order valence-corrected chi connectivity index (χ4v) is 5.11. The van der Waals surface area contributed by atoms with Gasteiger partial charge in [-0.25, -0.2) is 4.79 Å². The molecule has 3 aromatic carbocycles. The molecular formula is C34H37N5O9. The van der Waals surface area contributed by atoms with Gasteiger partial charge in [-0.05, 0) is 53.4 Å². The number of rotatable bonds is 16. The summed E-state index contributed by atoms with van der Waals surface area (Å²) >= 11 is 0. The van der Waals surface area contributed by atoms with Crippen molar-refractivity contribution in [2.24, 2.45) is 5.73 Å². The lowest BCUT2D eigenvalue weighted by Crippen LogP contribution is -2.58. The molecule has 0 spiro atoms. The number of fused-ring (bicyclic) bond motifs is 1. The van der Waals surface area contributed by atoms with Crippen molar-refractivity contribution in [1.29, 1.82) is 0 Å². The predicted molar refractivity (Wildman–Crippen MR) is 174 cm³/mol. The number of aromatic hydroxyl groups is 2. The number of amides is 3. The van der Waals surface area contributed by atoms with Gasteiger partial charge in [-0.2, -0.15) is 0 Å². The number of phenols is 2. The molecule has 4 rings (SSSR count). The minimum Gasteiger partial charge on any atom is -0.508 e. The molecule has 3 amide bonds. The van der Waals surface area contributed by atoms with Gasteiger partial charge in [0.2, 0.25) is 17.7 Å². The first-order valence-electron chi connectivity index (χ1n) is 15.1. The first-order valence-corrected chi connectivity index (χ1v) is 15.1. The van der Waals surface area contributed by atoms with Gasteiger partial charge in [0.15, 0.2) is 0 Å². The Morgan fingerprint density at radius 1 is 0.667 bits per heavy atom. The lowest BCUT2D eigenvalue weighted by atomic mass is 10.0. The molecule has 4 atom stereocenters. The van der Waals surface area contributed by atoms with E-state index in [0.717, 1.165) is 10.9 Å². The lowest BCUT2D eigenvalue weighted by molar-refractivity contribution is -0.142. The molecule has 14 heteroatoms. The second-order valence-electron chi connectivity index (χ2n) is 11.4. The molecule has 0 saturated carbocycles. The molecule has 48 heavy (non-hydrogen) atoms. The zero-order valence-electron chi connectivity index (χ0n) is 25.8. The van der Waals surface area contributed by atoms with E-state index in [1.54, 1.807) is 18.3 Å². The fourth-order valence-electron chi connectivity index (χ4n) is 5.11. The van der Waals surface area contributed by atoms with Gasteiger partial charge in [0.25, 0.3) is 0 Å². The van der Waals surface area contributed by atoms with Crippen LogP contribution in [0, 0.1) is 0 Å². The summed E-state index contributed by atoms with van der Waals surface area (Å²) in [5.74, 6) is -4.87. The van der Waals surface area contributed by atoms with Crippen molar-refractivity contribution in [3.05, 3.63) is 95.7 Å². The van der Waals surface area contributed by atoms with Crippen LogP contribution in [0.2, 0.25) is 0 Å². The van der Waals surface area contributed by atoms with Gasteiger partial charge >= 0.3 is 11.9 Å². The summed E-state index contributed by atoms with van der Waals surface area (Å²) in [6.07, 6.45) is 0.899. The van der Waals surface area contributed by atoms with Crippen LogP contribution in [-0.4, -0.2) is 79.2 Å². The van der Waals surface area contributed by atoms with E-state index in [9.17, 15) is 39.3 Å². The molecule has 0 bridgehead atoms. The number of para-hydroxylation sites is 1. The van der Waals surface area contributed by atoms with E-state index in [4.69, 9.17) is 10.8 Å². The molecule has 0 radical (unpaired) electrons. The fraction of sp³-hybridized carbons (Fsp3) is 0.265. The minimum atomic E-state index is -1.39. The van der Waals surface area contributed by atoms with E-state index >= 15 is 0 Å². The first kappa shape index (κ1) is 35.0. The Morgan fingerprint density at radius 3 is 1.73 bits per heavy atom. The quantitative estimate of drug-likeness (QED) is 0.0835. The molecule has 1 heterocycles. The highest BCUT2D eigenvalue weighted by atomic mass is 16.4. The monoisotopic (exact) mass is 659 g/mol. The van der Waals surface area contributed by atoms with Crippen molar-refractivity contribution in [3.8, 4) is 11.5 Å². The second-order valence-corrected chi connectivity index (χ2v) is 11.4. The number of aromatic amines is 1. The summed E-state index contributed by atoms with van der Waals surface area (Å²) in [4.78, 5) is 66.9. The van der Waals surface area contributed by atoms with Crippen LogP contribution < -0.4 is 21.7 Å². The van der Waals surface area contributed by atoms with Gasteiger partial charge in [0.1, 0.15) is 29.6 Å². The number of hydrogen-bond acceptors (Lipinski definition) is 8. The van der Waals surface area contributed by atoms with Crippen molar-refractivity contribution in [2.45, 2.75) is 56.3 Å². The largest absolute Gasteiger partial charge is 0.508 e. The average Bonchev–Trinajstić information content (AvgIpc) is 3.47. The van der Waals surface area contributed by atoms with Gasteiger partial charge in [-0.3, -0.25) is 19.2 Å². The third-order valence-corrected chi connectivity index (χ3v) is 7.74. The first-order chi connectivity index (χ1) is 22.9. The van der Waals surface area contributed by atoms with Crippen molar-refractivity contribution >= 4 is 40.6 Å². The van der Waals surface area contributed by atoms with Gasteiger partial charge in [0, 0.05) is 42.8 Å². The van der Waals surface area contributed by atoms with Crippen molar-refractivity contribution in [1.82, 2.24) is 20.9 Å². The Labute approximate surface area is 275 Å². The predicted octanol–water partition coefficient (Wildman–Crippen LogP) is 1.34. The standard InChI is InChI=1S/C34H37N5O9/c35-25(13-14-30(42)43)31(44)37-28(17-21-18-36-26-4-2-1-3-24(21)26)33(46)38-27(15-19-5-9-22(40)10-6-19)32(45)39-29(34(47)48)16-20-7-11-23(41)12-8-20/h1-12,18,25,27-29,36,40-41H,13-17,35H2,(H,37,44)(H,38,46)(H,39,45)(H,42,43)(H,47,48). The molecule has 4 unspecified atom stereocenters. The van der Waals surface area contributed by atoms with Crippen LogP contribution in [-0.2, 0) is 43.2 Å². The third-order valence-electron chi connectivity index (χ3n) is 7.74. The number of carboxylic acid groups (broad SMARTS) is 2. The number of carbonyl (C=O) groups is 5. The average molecular weight is 660 g/mol. The topological polar surface area (TPSA) is 244 Å². The molecule has 0 aliphatic carbocycles. The summed E-state index contributed by atoms with van der Waals surface area (Å²) in [6.45, 7) is 0. The number of phenolic OH excluding ortho intramolecular Hbond substituents is 2. The second kappa shape index (κ2) is 16.1. The number of aliphatic carboxylic acids is 2. The summed E-state index contributed by atoms with van der Waals surface area (Å²) < 4.78 is 0. The maximum atomic E-state index is 13.9.